The molecule has 2 aliphatic rings. The van der Waals surface area contributed by atoms with Crippen LogP contribution >= 0.6 is 0 Å². The lowest BCUT2D eigenvalue weighted by Gasteiger charge is -2.53. The largest absolute Gasteiger partial charge is 0.380 e. The molecule has 28 heavy (non-hydrogen) atoms. The van der Waals surface area contributed by atoms with E-state index in [1.807, 2.05) is 33.7 Å². The number of aryl methyl sites for hydroxylation is 1. The zero-order valence-electron chi connectivity index (χ0n) is 15.7. The second kappa shape index (κ2) is 5.75. The molecule has 1 spiro atoms. The van der Waals surface area contributed by atoms with Crippen LogP contribution in [0.3, 0.4) is 0 Å². The summed E-state index contributed by atoms with van der Waals surface area (Å²) >= 11 is 0. The first-order valence-corrected chi connectivity index (χ1v) is 9.74. The van der Waals surface area contributed by atoms with Crippen LogP contribution in [0.4, 0.5) is 5.95 Å². The Morgan fingerprint density at radius 2 is 2.04 bits per heavy atom. The molecule has 8 heteroatoms. The van der Waals surface area contributed by atoms with Crippen LogP contribution in [0.15, 0.2) is 37.1 Å². The normalized spacial score (nSPS) is 18.5. The predicted molar refractivity (Wildman–Crippen MR) is 104 cm³/mol. The summed E-state index contributed by atoms with van der Waals surface area (Å²) in [6.07, 6.45) is 12.9. The Hall–Kier alpha value is -3.00. The zero-order chi connectivity index (χ0) is 18.7. The molecular formula is C20H21N7O. The number of imidazole rings is 1. The molecule has 4 aromatic rings. The topological polar surface area (TPSA) is 81.6 Å². The number of nitrogens with one attached hydrogen (secondary N) is 1. The summed E-state index contributed by atoms with van der Waals surface area (Å²) in [6, 6.07) is 2.50. The van der Waals surface area contributed by atoms with Gasteiger partial charge in [0.05, 0.1) is 31.1 Å². The number of rotatable bonds is 4. The average Bonchev–Trinajstić information content (AvgIpc) is 3.25. The molecule has 0 bridgehead atoms. The first-order valence-electron chi connectivity index (χ1n) is 9.74. The second-order valence-electron chi connectivity index (χ2n) is 8.00. The summed E-state index contributed by atoms with van der Waals surface area (Å²) in [6.45, 7) is 3.93. The van der Waals surface area contributed by atoms with Gasteiger partial charge in [-0.2, -0.15) is 0 Å². The summed E-state index contributed by atoms with van der Waals surface area (Å²) in [5.41, 5.74) is 4.62. The molecular weight excluding hydrogens is 354 g/mol. The number of fused-ring (bicyclic) bond motifs is 2. The third-order valence-corrected chi connectivity index (χ3v) is 6.04. The van der Waals surface area contributed by atoms with Crippen LogP contribution in [-0.2, 0) is 11.2 Å². The highest BCUT2D eigenvalue weighted by Gasteiger charge is 2.49. The van der Waals surface area contributed by atoms with E-state index in [4.69, 9.17) is 4.74 Å². The molecule has 1 aliphatic heterocycles. The Morgan fingerprint density at radius 3 is 2.82 bits per heavy atom. The van der Waals surface area contributed by atoms with Crippen molar-refractivity contribution in [1.82, 2.24) is 29.0 Å². The molecule has 2 fully saturated rings. The highest BCUT2D eigenvalue weighted by molar-refractivity contribution is 5.79. The minimum absolute atomic E-state index is 0.429. The summed E-state index contributed by atoms with van der Waals surface area (Å²) in [5, 5.41) is 8.10. The Kier molecular flexibility index (Phi) is 3.28. The smallest absolute Gasteiger partial charge is 0.241 e. The third kappa shape index (κ3) is 2.34. The van der Waals surface area contributed by atoms with Crippen LogP contribution in [0.25, 0.3) is 22.4 Å². The Balaban J connectivity index is 1.29. The van der Waals surface area contributed by atoms with Gasteiger partial charge >= 0.3 is 0 Å². The summed E-state index contributed by atoms with van der Waals surface area (Å²) in [4.78, 5) is 13.4. The van der Waals surface area contributed by atoms with E-state index < -0.39 is 0 Å². The van der Waals surface area contributed by atoms with Crippen molar-refractivity contribution >= 4 is 17.2 Å². The molecule has 5 heterocycles. The van der Waals surface area contributed by atoms with Crippen molar-refractivity contribution < 1.29 is 4.74 Å². The molecule has 6 rings (SSSR count). The molecule has 1 saturated carbocycles. The maximum Gasteiger partial charge on any atom is 0.241 e. The van der Waals surface area contributed by atoms with Crippen molar-refractivity contribution in [3.05, 3.63) is 42.7 Å². The van der Waals surface area contributed by atoms with Gasteiger partial charge in [0.15, 0.2) is 0 Å². The number of aromatic nitrogens is 6. The standard InChI is InChI=1S/C20H21N7O/c1-2-15-8-23-19-22-7-13(10-26(15)19)16-3-4-27-17(16)9-21-18(25-27)24-14-5-20(6-14)11-28-12-20/h3-4,7-10,14H,2,5-6,11-12H2,1H3,(H,24,25). The van der Waals surface area contributed by atoms with Gasteiger partial charge in [-0.15, -0.1) is 5.10 Å². The lowest BCUT2D eigenvalue weighted by Crippen LogP contribution is -2.56. The van der Waals surface area contributed by atoms with Crippen LogP contribution < -0.4 is 5.32 Å². The van der Waals surface area contributed by atoms with Gasteiger partial charge in [-0.3, -0.25) is 4.40 Å². The van der Waals surface area contributed by atoms with Gasteiger partial charge in [0.2, 0.25) is 11.7 Å². The lowest BCUT2D eigenvalue weighted by molar-refractivity contribution is -0.160. The van der Waals surface area contributed by atoms with Crippen LogP contribution in [0.2, 0.25) is 0 Å². The number of nitrogens with zero attached hydrogens (tertiary/aromatic N) is 6. The van der Waals surface area contributed by atoms with E-state index in [0.717, 1.165) is 60.6 Å². The fourth-order valence-corrected chi connectivity index (χ4v) is 4.43. The number of anilines is 1. The van der Waals surface area contributed by atoms with Crippen LogP contribution in [0.5, 0.6) is 0 Å². The maximum atomic E-state index is 5.34. The first kappa shape index (κ1) is 16.0. The van der Waals surface area contributed by atoms with Crippen LogP contribution in [0.1, 0.15) is 25.5 Å². The molecule has 0 aromatic carbocycles. The summed E-state index contributed by atoms with van der Waals surface area (Å²) in [7, 11) is 0. The van der Waals surface area contributed by atoms with E-state index in [2.05, 4.69) is 44.6 Å². The fourth-order valence-electron chi connectivity index (χ4n) is 4.43. The van der Waals surface area contributed by atoms with Crippen molar-refractivity contribution in [3.8, 4) is 11.1 Å². The average molecular weight is 375 g/mol. The zero-order valence-corrected chi connectivity index (χ0v) is 15.7. The molecule has 1 N–H and O–H groups in total. The first-order chi connectivity index (χ1) is 13.7. The predicted octanol–water partition coefficient (Wildman–Crippen LogP) is 2.59. The van der Waals surface area contributed by atoms with E-state index in [0.29, 0.717) is 17.4 Å². The van der Waals surface area contributed by atoms with Gasteiger partial charge in [0.1, 0.15) is 0 Å². The second-order valence-corrected chi connectivity index (χ2v) is 8.00. The Labute approximate surface area is 161 Å². The Morgan fingerprint density at radius 1 is 1.18 bits per heavy atom. The third-order valence-electron chi connectivity index (χ3n) is 6.04. The lowest BCUT2D eigenvalue weighted by atomic mass is 9.64. The van der Waals surface area contributed by atoms with Crippen LogP contribution in [0, 0.1) is 5.41 Å². The molecule has 4 aromatic heterocycles. The summed E-state index contributed by atoms with van der Waals surface area (Å²) < 4.78 is 9.27. The van der Waals surface area contributed by atoms with E-state index in [1.165, 1.54) is 0 Å². The van der Waals surface area contributed by atoms with Crippen molar-refractivity contribution in [2.45, 2.75) is 32.2 Å². The molecule has 1 saturated heterocycles. The van der Waals surface area contributed by atoms with Gasteiger partial charge in [0, 0.05) is 46.9 Å². The minimum Gasteiger partial charge on any atom is -0.380 e. The van der Waals surface area contributed by atoms with E-state index in [-0.39, 0.29) is 0 Å². The SMILES string of the molecule is CCc1cnc2ncc(-c3ccn4nc(NC5CC6(COC6)C5)ncc34)cn12. The molecule has 0 radical (unpaired) electrons. The van der Waals surface area contributed by atoms with Gasteiger partial charge in [-0.1, -0.05) is 6.92 Å². The van der Waals surface area contributed by atoms with Crippen LogP contribution in [-0.4, -0.2) is 48.2 Å². The molecule has 0 amide bonds. The molecule has 0 unspecified atom stereocenters. The number of hydrogen-bond acceptors (Lipinski definition) is 6. The number of hydrogen-bond donors (Lipinski definition) is 1. The maximum absolute atomic E-state index is 5.34. The molecule has 1 aliphatic carbocycles. The molecule has 142 valence electrons. The van der Waals surface area contributed by atoms with E-state index in [9.17, 15) is 0 Å². The Bertz CT molecular complexity index is 1180. The van der Waals surface area contributed by atoms with E-state index in [1.54, 1.807) is 0 Å². The van der Waals surface area contributed by atoms with Crippen molar-refractivity contribution in [3.63, 3.8) is 0 Å². The van der Waals surface area contributed by atoms with Gasteiger partial charge in [0.25, 0.3) is 0 Å². The van der Waals surface area contributed by atoms with Gasteiger partial charge in [-0.25, -0.2) is 19.5 Å². The van der Waals surface area contributed by atoms with E-state index >= 15 is 0 Å². The molecule has 0 atom stereocenters. The highest BCUT2D eigenvalue weighted by Crippen LogP contribution is 2.47. The van der Waals surface area contributed by atoms with Gasteiger partial charge in [-0.05, 0) is 25.3 Å². The molecule has 8 nitrogen and oxygen atoms in total. The van der Waals surface area contributed by atoms with Gasteiger partial charge < -0.3 is 10.1 Å². The summed E-state index contributed by atoms with van der Waals surface area (Å²) in [5.74, 6) is 1.40. The van der Waals surface area contributed by atoms with Crippen molar-refractivity contribution in [2.24, 2.45) is 5.41 Å². The highest BCUT2D eigenvalue weighted by atomic mass is 16.5. The van der Waals surface area contributed by atoms with Crippen molar-refractivity contribution in [1.29, 1.82) is 0 Å². The fraction of sp³-hybridized carbons (Fsp3) is 0.400. The monoisotopic (exact) mass is 375 g/mol. The van der Waals surface area contributed by atoms with Crippen molar-refractivity contribution in [2.75, 3.05) is 18.5 Å². The minimum atomic E-state index is 0.429. The number of ether oxygens (including phenoxy) is 1. The quantitative estimate of drug-likeness (QED) is 0.590.